The second-order valence-corrected chi connectivity index (χ2v) is 6.98. The van der Waals surface area contributed by atoms with Crippen LogP contribution in [0.2, 0.25) is 5.02 Å². The van der Waals surface area contributed by atoms with Gasteiger partial charge in [-0.05, 0) is 74.0 Å². The number of hydrogen-bond donors (Lipinski definition) is 1. The molecule has 2 bridgehead atoms. The molecule has 0 aromatic heterocycles. The van der Waals surface area contributed by atoms with Gasteiger partial charge in [0.1, 0.15) is 0 Å². The second kappa shape index (κ2) is 5.85. The number of rotatable bonds is 5. The molecule has 3 rings (SSSR count). The molecule has 104 valence electrons. The minimum absolute atomic E-state index is 0.601. The van der Waals surface area contributed by atoms with Gasteiger partial charge in [0.25, 0.3) is 0 Å². The highest BCUT2D eigenvalue weighted by molar-refractivity contribution is 6.31. The lowest BCUT2D eigenvalue weighted by molar-refractivity contribution is 0.268. The van der Waals surface area contributed by atoms with Crippen LogP contribution in [0.15, 0.2) is 24.3 Å². The zero-order valence-electron chi connectivity index (χ0n) is 11.5. The Bertz CT molecular complexity index is 431. The number of hydrogen-bond acceptors (Lipinski definition) is 1. The molecule has 2 saturated carbocycles. The Labute approximate surface area is 121 Å². The van der Waals surface area contributed by atoms with E-state index in [9.17, 15) is 0 Å². The standard InChI is InChI=1S/C17H24ClN/c18-17-4-2-1-3-15(17)9-13(11-19)10-16-8-12-5-6-14(16)7-12/h1-4,12-14,16H,5-11,19H2. The Balaban J connectivity index is 1.60. The van der Waals surface area contributed by atoms with E-state index in [1.54, 1.807) is 0 Å². The van der Waals surface area contributed by atoms with E-state index in [1.807, 2.05) is 12.1 Å². The molecule has 2 N–H and O–H groups in total. The van der Waals surface area contributed by atoms with Crippen molar-refractivity contribution in [3.8, 4) is 0 Å². The summed E-state index contributed by atoms with van der Waals surface area (Å²) in [4.78, 5) is 0. The molecule has 2 fully saturated rings. The lowest BCUT2D eigenvalue weighted by Crippen LogP contribution is -2.23. The third kappa shape index (κ3) is 2.98. The van der Waals surface area contributed by atoms with Gasteiger partial charge in [-0.2, -0.15) is 0 Å². The first-order valence-corrected chi connectivity index (χ1v) is 8.07. The van der Waals surface area contributed by atoms with Crippen LogP contribution in [0.25, 0.3) is 0 Å². The molecule has 0 saturated heterocycles. The Kier molecular flexibility index (Phi) is 4.14. The fraction of sp³-hybridized carbons (Fsp3) is 0.647. The minimum atomic E-state index is 0.601. The molecule has 1 aromatic carbocycles. The van der Waals surface area contributed by atoms with Crippen LogP contribution in [0, 0.1) is 23.7 Å². The van der Waals surface area contributed by atoms with E-state index in [2.05, 4.69) is 12.1 Å². The molecule has 4 unspecified atom stereocenters. The molecule has 0 amide bonds. The number of fused-ring (bicyclic) bond motifs is 2. The van der Waals surface area contributed by atoms with Gasteiger partial charge < -0.3 is 5.73 Å². The predicted molar refractivity (Wildman–Crippen MR) is 81.3 cm³/mol. The van der Waals surface area contributed by atoms with E-state index in [0.717, 1.165) is 35.7 Å². The van der Waals surface area contributed by atoms with Crippen molar-refractivity contribution in [2.24, 2.45) is 29.4 Å². The van der Waals surface area contributed by atoms with E-state index in [4.69, 9.17) is 17.3 Å². The molecular weight excluding hydrogens is 254 g/mol. The van der Waals surface area contributed by atoms with Crippen LogP contribution in [-0.2, 0) is 6.42 Å². The molecule has 0 radical (unpaired) electrons. The van der Waals surface area contributed by atoms with Gasteiger partial charge in [0.05, 0.1) is 0 Å². The summed E-state index contributed by atoms with van der Waals surface area (Å²) < 4.78 is 0. The summed E-state index contributed by atoms with van der Waals surface area (Å²) in [6.07, 6.45) is 8.27. The third-order valence-electron chi connectivity index (χ3n) is 5.32. The normalized spacial score (nSPS) is 30.7. The molecule has 0 heterocycles. The Morgan fingerprint density at radius 1 is 1.21 bits per heavy atom. The highest BCUT2D eigenvalue weighted by Crippen LogP contribution is 2.50. The summed E-state index contributed by atoms with van der Waals surface area (Å²) in [6, 6.07) is 8.21. The van der Waals surface area contributed by atoms with Crippen LogP contribution in [0.4, 0.5) is 0 Å². The molecule has 0 spiro atoms. The van der Waals surface area contributed by atoms with Crippen molar-refractivity contribution in [3.63, 3.8) is 0 Å². The van der Waals surface area contributed by atoms with E-state index in [-0.39, 0.29) is 0 Å². The van der Waals surface area contributed by atoms with Gasteiger partial charge in [-0.1, -0.05) is 36.2 Å². The van der Waals surface area contributed by atoms with E-state index < -0.39 is 0 Å². The SMILES string of the molecule is NCC(Cc1ccccc1Cl)CC1CC2CCC1C2. The van der Waals surface area contributed by atoms with Crippen molar-refractivity contribution in [1.82, 2.24) is 0 Å². The van der Waals surface area contributed by atoms with Crippen LogP contribution in [-0.4, -0.2) is 6.54 Å². The summed E-state index contributed by atoms with van der Waals surface area (Å²) >= 11 is 6.26. The molecule has 1 aromatic rings. The molecule has 19 heavy (non-hydrogen) atoms. The Hall–Kier alpha value is -0.530. The molecule has 2 aliphatic carbocycles. The third-order valence-corrected chi connectivity index (χ3v) is 5.69. The van der Waals surface area contributed by atoms with Crippen molar-refractivity contribution in [3.05, 3.63) is 34.9 Å². The monoisotopic (exact) mass is 277 g/mol. The van der Waals surface area contributed by atoms with Crippen LogP contribution in [0.1, 0.15) is 37.7 Å². The smallest absolute Gasteiger partial charge is 0.0438 e. The van der Waals surface area contributed by atoms with Gasteiger partial charge in [-0.25, -0.2) is 0 Å². The van der Waals surface area contributed by atoms with E-state index in [1.165, 1.54) is 37.7 Å². The largest absolute Gasteiger partial charge is 0.330 e. The lowest BCUT2D eigenvalue weighted by Gasteiger charge is -2.26. The maximum Gasteiger partial charge on any atom is 0.0438 e. The van der Waals surface area contributed by atoms with Crippen LogP contribution < -0.4 is 5.73 Å². The van der Waals surface area contributed by atoms with Gasteiger partial charge in [-0.3, -0.25) is 0 Å². The predicted octanol–water partition coefficient (Wildman–Crippen LogP) is 4.28. The van der Waals surface area contributed by atoms with Crippen LogP contribution in [0.3, 0.4) is 0 Å². The highest BCUT2D eigenvalue weighted by Gasteiger charge is 2.39. The summed E-state index contributed by atoms with van der Waals surface area (Å²) in [7, 11) is 0. The first-order chi connectivity index (χ1) is 9.26. The van der Waals surface area contributed by atoms with E-state index in [0.29, 0.717) is 5.92 Å². The summed E-state index contributed by atoms with van der Waals surface area (Å²) in [5.74, 6) is 3.58. The maximum atomic E-state index is 6.26. The summed E-state index contributed by atoms with van der Waals surface area (Å²) in [5.41, 5.74) is 7.27. The molecule has 4 atom stereocenters. The van der Waals surface area contributed by atoms with Crippen LogP contribution >= 0.6 is 11.6 Å². The summed E-state index contributed by atoms with van der Waals surface area (Å²) in [5, 5.41) is 0.897. The quantitative estimate of drug-likeness (QED) is 0.854. The zero-order valence-corrected chi connectivity index (χ0v) is 12.3. The number of halogens is 1. The Morgan fingerprint density at radius 3 is 2.68 bits per heavy atom. The van der Waals surface area contributed by atoms with Gasteiger partial charge in [-0.15, -0.1) is 0 Å². The van der Waals surface area contributed by atoms with Gasteiger partial charge in [0, 0.05) is 5.02 Å². The first kappa shape index (κ1) is 13.5. The lowest BCUT2D eigenvalue weighted by atomic mass is 9.80. The first-order valence-electron chi connectivity index (χ1n) is 7.69. The number of benzene rings is 1. The fourth-order valence-corrected chi connectivity index (χ4v) is 4.54. The molecule has 2 heteroatoms. The highest BCUT2D eigenvalue weighted by atomic mass is 35.5. The van der Waals surface area contributed by atoms with E-state index >= 15 is 0 Å². The topological polar surface area (TPSA) is 26.0 Å². The molecule has 1 nitrogen and oxygen atoms in total. The summed E-state index contributed by atoms with van der Waals surface area (Å²) in [6.45, 7) is 0.791. The second-order valence-electron chi connectivity index (χ2n) is 6.57. The maximum absolute atomic E-state index is 6.26. The minimum Gasteiger partial charge on any atom is -0.330 e. The van der Waals surface area contributed by atoms with Crippen molar-refractivity contribution in [2.45, 2.75) is 38.5 Å². The van der Waals surface area contributed by atoms with Crippen molar-refractivity contribution >= 4 is 11.6 Å². The molecule has 2 aliphatic rings. The van der Waals surface area contributed by atoms with Crippen molar-refractivity contribution < 1.29 is 0 Å². The average molecular weight is 278 g/mol. The zero-order chi connectivity index (χ0) is 13.2. The van der Waals surface area contributed by atoms with Gasteiger partial charge in [0.2, 0.25) is 0 Å². The Morgan fingerprint density at radius 2 is 2.05 bits per heavy atom. The fourth-order valence-electron chi connectivity index (χ4n) is 4.33. The number of nitrogens with two attached hydrogens (primary N) is 1. The molecular formula is C17H24ClN. The van der Waals surface area contributed by atoms with Crippen molar-refractivity contribution in [1.29, 1.82) is 0 Å². The van der Waals surface area contributed by atoms with Gasteiger partial charge in [0.15, 0.2) is 0 Å². The molecule has 0 aliphatic heterocycles. The average Bonchev–Trinajstić information content (AvgIpc) is 3.02. The van der Waals surface area contributed by atoms with Gasteiger partial charge >= 0.3 is 0 Å². The van der Waals surface area contributed by atoms with Crippen molar-refractivity contribution in [2.75, 3.05) is 6.54 Å². The van der Waals surface area contributed by atoms with Crippen LogP contribution in [0.5, 0.6) is 0 Å².